The number of piperazine rings is 1. The van der Waals surface area contributed by atoms with Crippen LogP contribution in [0.5, 0.6) is 0 Å². The zero-order chi connectivity index (χ0) is 23.6. The second-order valence-corrected chi connectivity index (χ2v) is 10.3. The molecule has 2 aliphatic heterocycles. The minimum atomic E-state index is -0.358. The number of likely N-dealkylation sites (N-methyl/N-ethyl adjacent to an activating group) is 1. The van der Waals surface area contributed by atoms with Crippen molar-refractivity contribution < 1.29 is 9.53 Å². The van der Waals surface area contributed by atoms with E-state index in [2.05, 4.69) is 84.1 Å². The van der Waals surface area contributed by atoms with Crippen LogP contribution in [0.1, 0.15) is 44.9 Å². The van der Waals surface area contributed by atoms with Crippen LogP contribution in [0.15, 0.2) is 36.5 Å². The van der Waals surface area contributed by atoms with Gasteiger partial charge in [0.2, 0.25) is 5.95 Å². The Morgan fingerprint density at radius 2 is 1.82 bits per heavy atom. The fourth-order valence-electron chi connectivity index (χ4n) is 4.32. The van der Waals surface area contributed by atoms with Gasteiger partial charge < -0.3 is 15.0 Å². The largest absolute Gasteiger partial charge is 0.447 e. The molecule has 0 spiro atoms. The summed E-state index contributed by atoms with van der Waals surface area (Å²) in [6.45, 7) is 14.2. The van der Waals surface area contributed by atoms with Crippen LogP contribution in [0.3, 0.4) is 0 Å². The lowest BCUT2D eigenvalue weighted by Gasteiger charge is -2.32. The lowest BCUT2D eigenvalue weighted by Crippen LogP contribution is -2.43. The average molecular weight is 453 g/mol. The number of rotatable bonds is 6. The van der Waals surface area contributed by atoms with Gasteiger partial charge in [-0.1, -0.05) is 45.0 Å². The van der Waals surface area contributed by atoms with E-state index in [1.807, 2.05) is 0 Å². The third-order valence-corrected chi connectivity index (χ3v) is 6.59. The van der Waals surface area contributed by atoms with E-state index in [1.54, 1.807) is 17.2 Å². The predicted molar refractivity (Wildman–Crippen MR) is 130 cm³/mol. The third kappa shape index (κ3) is 5.62. The highest BCUT2D eigenvalue weighted by Gasteiger charge is 2.42. The average Bonchev–Trinajstić information content (AvgIpc) is 3.18. The molecule has 2 saturated heterocycles. The topological polar surface area (TPSA) is 73.8 Å². The van der Waals surface area contributed by atoms with Crippen LogP contribution >= 0.6 is 0 Å². The Kier molecular flexibility index (Phi) is 6.86. The summed E-state index contributed by atoms with van der Waals surface area (Å²) < 4.78 is 5.32. The number of anilines is 2. The third-order valence-electron chi connectivity index (χ3n) is 6.59. The summed E-state index contributed by atoms with van der Waals surface area (Å²) in [5.41, 5.74) is 2.37. The van der Waals surface area contributed by atoms with Crippen molar-refractivity contribution >= 4 is 17.9 Å². The molecule has 178 valence electrons. The van der Waals surface area contributed by atoms with Crippen LogP contribution in [0, 0.1) is 5.41 Å². The number of cyclic esters (lactones) is 1. The first kappa shape index (κ1) is 23.4. The summed E-state index contributed by atoms with van der Waals surface area (Å²) in [7, 11) is 2.18. The van der Waals surface area contributed by atoms with Crippen molar-refractivity contribution in [2.24, 2.45) is 5.41 Å². The molecule has 0 radical (unpaired) electrons. The molecule has 2 aromatic rings. The number of carbonyl (C=O) groups excluding carboxylic acids is 1. The maximum absolute atomic E-state index is 12.4. The number of benzene rings is 1. The summed E-state index contributed by atoms with van der Waals surface area (Å²) in [5.74, 6) is 1.05. The lowest BCUT2D eigenvalue weighted by molar-refractivity contribution is 0.148. The van der Waals surface area contributed by atoms with E-state index < -0.39 is 0 Å². The molecule has 4 rings (SSSR count). The highest BCUT2D eigenvalue weighted by atomic mass is 16.6. The Morgan fingerprint density at radius 3 is 2.48 bits per heavy atom. The highest BCUT2D eigenvalue weighted by molar-refractivity contribution is 5.89. The molecule has 3 heterocycles. The minimum absolute atomic E-state index is 0.0295. The Labute approximate surface area is 196 Å². The molecule has 2 unspecified atom stereocenters. The van der Waals surface area contributed by atoms with Gasteiger partial charge in [-0.15, -0.1) is 0 Å². The number of nitrogens with zero attached hydrogens (tertiary/aromatic N) is 5. The van der Waals surface area contributed by atoms with Gasteiger partial charge in [0.1, 0.15) is 12.4 Å². The molecule has 8 heteroatoms. The maximum Gasteiger partial charge on any atom is 0.415 e. The van der Waals surface area contributed by atoms with Gasteiger partial charge in [0.25, 0.3) is 0 Å². The standard InChI is InChI=1S/C25H36N6O2/c1-18(20-8-6-19(7-9-20)16-30-14-12-29(5)13-15-30)27-23-26-11-10-22(28-23)31-21(25(2,3)4)17-33-24(31)32/h6-11,18,21H,12-17H2,1-5H3,(H,26,27,28). The Morgan fingerprint density at radius 1 is 1.12 bits per heavy atom. The molecule has 2 fully saturated rings. The summed E-state index contributed by atoms with van der Waals surface area (Å²) >= 11 is 0. The minimum Gasteiger partial charge on any atom is -0.447 e. The van der Waals surface area contributed by atoms with Crippen molar-refractivity contribution in [3.05, 3.63) is 47.7 Å². The number of ether oxygens (including phenoxy) is 1. The molecule has 2 aliphatic rings. The highest BCUT2D eigenvalue weighted by Crippen LogP contribution is 2.33. The van der Waals surface area contributed by atoms with Crippen molar-refractivity contribution in [1.29, 1.82) is 0 Å². The molecule has 1 amide bonds. The van der Waals surface area contributed by atoms with Crippen molar-refractivity contribution in [1.82, 2.24) is 19.8 Å². The molecule has 33 heavy (non-hydrogen) atoms. The fraction of sp³-hybridized carbons (Fsp3) is 0.560. The smallest absolute Gasteiger partial charge is 0.415 e. The van der Waals surface area contributed by atoms with Crippen molar-refractivity contribution in [3.63, 3.8) is 0 Å². The number of hydrogen-bond donors (Lipinski definition) is 1. The van der Waals surface area contributed by atoms with Crippen molar-refractivity contribution in [2.75, 3.05) is 50.1 Å². The van der Waals surface area contributed by atoms with Crippen LogP contribution in [-0.2, 0) is 11.3 Å². The van der Waals surface area contributed by atoms with E-state index in [-0.39, 0.29) is 23.6 Å². The molecule has 0 aliphatic carbocycles. The molecule has 2 atom stereocenters. The number of nitrogens with one attached hydrogen (secondary N) is 1. The van der Waals surface area contributed by atoms with Crippen molar-refractivity contribution in [2.45, 2.75) is 46.3 Å². The first-order valence-electron chi connectivity index (χ1n) is 11.8. The summed E-state index contributed by atoms with van der Waals surface area (Å²) in [4.78, 5) is 27.9. The molecule has 0 bridgehead atoms. The molecule has 1 aromatic heterocycles. The van der Waals surface area contributed by atoms with E-state index >= 15 is 0 Å². The second-order valence-electron chi connectivity index (χ2n) is 10.3. The van der Waals surface area contributed by atoms with E-state index in [4.69, 9.17) is 4.74 Å². The van der Waals surface area contributed by atoms with Crippen LogP contribution < -0.4 is 10.2 Å². The molecule has 8 nitrogen and oxygen atoms in total. The number of amides is 1. The van der Waals surface area contributed by atoms with Crippen LogP contribution in [0.2, 0.25) is 0 Å². The molecule has 1 N–H and O–H groups in total. The van der Waals surface area contributed by atoms with Crippen LogP contribution in [0.4, 0.5) is 16.6 Å². The van der Waals surface area contributed by atoms with Gasteiger partial charge in [0.05, 0.1) is 12.1 Å². The van der Waals surface area contributed by atoms with Gasteiger partial charge in [-0.2, -0.15) is 4.98 Å². The SMILES string of the molecule is CC(Nc1nccc(N2C(=O)OCC2C(C)(C)C)n1)c1ccc(CN2CCN(C)CC2)cc1. The Hall–Kier alpha value is -2.71. The van der Waals surface area contributed by atoms with Gasteiger partial charge in [0, 0.05) is 38.9 Å². The van der Waals surface area contributed by atoms with Gasteiger partial charge in [-0.3, -0.25) is 9.80 Å². The lowest BCUT2D eigenvalue weighted by atomic mass is 9.87. The fourth-order valence-corrected chi connectivity index (χ4v) is 4.32. The summed E-state index contributed by atoms with van der Waals surface area (Å²) in [6, 6.07) is 10.5. The van der Waals surface area contributed by atoms with Crippen LogP contribution in [-0.4, -0.2) is 71.7 Å². The summed E-state index contributed by atoms with van der Waals surface area (Å²) in [5, 5.41) is 3.38. The number of carbonyl (C=O) groups is 1. The van der Waals surface area contributed by atoms with Gasteiger partial charge in [0.15, 0.2) is 0 Å². The van der Waals surface area contributed by atoms with Crippen molar-refractivity contribution in [3.8, 4) is 0 Å². The van der Waals surface area contributed by atoms with Gasteiger partial charge >= 0.3 is 6.09 Å². The first-order chi connectivity index (χ1) is 15.7. The van der Waals surface area contributed by atoms with Gasteiger partial charge in [-0.25, -0.2) is 9.78 Å². The quantitative estimate of drug-likeness (QED) is 0.715. The monoisotopic (exact) mass is 452 g/mol. The van der Waals surface area contributed by atoms with Crippen LogP contribution in [0.25, 0.3) is 0 Å². The maximum atomic E-state index is 12.4. The van der Waals surface area contributed by atoms with Gasteiger partial charge in [-0.05, 0) is 36.6 Å². The Bertz CT molecular complexity index is 950. The predicted octanol–water partition coefficient (Wildman–Crippen LogP) is 3.77. The van der Waals surface area contributed by atoms with E-state index in [0.717, 1.165) is 32.7 Å². The zero-order valence-corrected chi connectivity index (χ0v) is 20.4. The summed E-state index contributed by atoms with van der Waals surface area (Å²) in [6.07, 6.45) is 1.32. The first-order valence-corrected chi connectivity index (χ1v) is 11.8. The zero-order valence-electron chi connectivity index (χ0n) is 20.4. The normalized spacial score (nSPS) is 21.2. The molecule has 0 saturated carbocycles. The van der Waals surface area contributed by atoms with E-state index in [1.165, 1.54) is 11.1 Å². The molecule has 1 aromatic carbocycles. The second kappa shape index (κ2) is 9.65. The Balaban J connectivity index is 1.40. The van der Waals surface area contributed by atoms with E-state index in [9.17, 15) is 4.79 Å². The molecular weight excluding hydrogens is 416 g/mol. The number of hydrogen-bond acceptors (Lipinski definition) is 7. The molecular formula is C25H36N6O2. The number of aromatic nitrogens is 2. The van der Waals surface area contributed by atoms with E-state index in [0.29, 0.717) is 18.4 Å².